The number of carbonyl (C=O) groups is 1. The van der Waals surface area contributed by atoms with Crippen molar-refractivity contribution in [2.45, 2.75) is 79.8 Å². The van der Waals surface area contributed by atoms with E-state index in [0.29, 0.717) is 24.4 Å². The molecule has 3 N–H and O–H groups in total. The molecule has 0 saturated heterocycles. The molecule has 138 valence electrons. The maximum atomic E-state index is 11.6. The Balaban J connectivity index is 0. The number of carbonyl (C=O) groups excluding carboxylic acids is 1. The molecule has 0 aliphatic rings. The first-order chi connectivity index (χ1) is 10.1. The van der Waals surface area contributed by atoms with Crippen molar-refractivity contribution in [2.75, 3.05) is 13.1 Å². The monoisotopic (exact) mass is 440 g/mol. The predicted molar refractivity (Wildman–Crippen MR) is 111 cm³/mol. The first kappa shape index (κ1) is 24.7. The van der Waals surface area contributed by atoms with Crippen molar-refractivity contribution >= 4 is 35.8 Å². The van der Waals surface area contributed by atoms with Gasteiger partial charge in [-0.15, -0.1) is 24.0 Å². The van der Waals surface area contributed by atoms with Gasteiger partial charge in [0.25, 0.3) is 0 Å². The molecule has 0 heterocycles. The summed E-state index contributed by atoms with van der Waals surface area (Å²) in [5.41, 5.74) is 0.348. The molecule has 0 aliphatic carbocycles. The van der Waals surface area contributed by atoms with E-state index in [2.05, 4.69) is 48.6 Å². The standard InChI is InChI=1S/C17H36N4O.HI/c1-8-18-16(19-12-10-15(22)20-13(2)3)21-14(4)9-11-17(5,6)7;/h13-14H,8-12H2,1-7H3,(H,20,22)(H2,18,19,21);1H. The normalized spacial score (nSPS) is 13.3. The number of nitrogens with zero attached hydrogens (tertiary/aromatic N) is 1. The average Bonchev–Trinajstić information content (AvgIpc) is 2.34. The van der Waals surface area contributed by atoms with Crippen molar-refractivity contribution in [1.82, 2.24) is 16.0 Å². The molecule has 23 heavy (non-hydrogen) atoms. The van der Waals surface area contributed by atoms with Crippen LogP contribution in [0.5, 0.6) is 0 Å². The molecule has 0 aromatic carbocycles. The fourth-order valence-corrected chi connectivity index (χ4v) is 1.94. The Labute approximate surface area is 159 Å². The van der Waals surface area contributed by atoms with Crippen molar-refractivity contribution in [2.24, 2.45) is 10.4 Å². The summed E-state index contributed by atoms with van der Waals surface area (Å²) in [4.78, 5) is 16.1. The van der Waals surface area contributed by atoms with Crippen LogP contribution in [0, 0.1) is 5.41 Å². The van der Waals surface area contributed by atoms with Gasteiger partial charge in [-0.05, 0) is 46.0 Å². The van der Waals surface area contributed by atoms with Crippen LogP contribution in [0.2, 0.25) is 0 Å². The molecule has 0 aromatic rings. The molecular formula is C17H37IN4O. The Morgan fingerprint density at radius 1 is 1.13 bits per heavy atom. The fraction of sp³-hybridized carbons (Fsp3) is 0.882. The molecule has 0 bridgehead atoms. The van der Waals surface area contributed by atoms with Crippen LogP contribution in [-0.2, 0) is 4.79 Å². The third-order valence-corrected chi connectivity index (χ3v) is 3.11. The highest BCUT2D eigenvalue weighted by molar-refractivity contribution is 14.0. The molecular weight excluding hydrogens is 403 g/mol. The molecule has 1 amide bonds. The van der Waals surface area contributed by atoms with E-state index in [0.717, 1.165) is 25.3 Å². The van der Waals surface area contributed by atoms with Crippen LogP contribution in [0.15, 0.2) is 4.99 Å². The first-order valence-corrected chi connectivity index (χ1v) is 8.48. The zero-order valence-corrected chi connectivity index (χ0v) is 18.3. The number of amides is 1. The molecule has 1 atom stereocenters. The number of halogens is 1. The highest BCUT2D eigenvalue weighted by atomic mass is 127. The zero-order valence-electron chi connectivity index (χ0n) is 16.0. The van der Waals surface area contributed by atoms with Crippen molar-refractivity contribution in [3.63, 3.8) is 0 Å². The molecule has 0 radical (unpaired) electrons. The SMILES string of the molecule is CCNC(=NCCC(=O)NC(C)C)NC(C)CCC(C)(C)C.I. The molecule has 0 aliphatic heterocycles. The average molecular weight is 440 g/mol. The third-order valence-electron chi connectivity index (χ3n) is 3.11. The summed E-state index contributed by atoms with van der Waals surface area (Å²) in [6, 6.07) is 0.543. The van der Waals surface area contributed by atoms with Gasteiger partial charge in [0.05, 0.1) is 6.54 Å². The van der Waals surface area contributed by atoms with E-state index in [1.54, 1.807) is 0 Å². The van der Waals surface area contributed by atoms with Gasteiger partial charge in [-0.1, -0.05) is 20.8 Å². The van der Waals surface area contributed by atoms with Crippen LogP contribution in [0.1, 0.15) is 67.7 Å². The lowest BCUT2D eigenvalue weighted by Crippen LogP contribution is -2.42. The van der Waals surface area contributed by atoms with Gasteiger partial charge in [-0.2, -0.15) is 0 Å². The molecule has 5 nitrogen and oxygen atoms in total. The van der Waals surface area contributed by atoms with E-state index >= 15 is 0 Å². The summed E-state index contributed by atoms with van der Waals surface area (Å²) >= 11 is 0. The minimum Gasteiger partial charge on any atom is -0.357 e. The van der Waals surface area contributed by atoms with Gasteiger partial charge in [0, 0.05) is 25.0 Å². The van der Waals surface area contributed by atoms with Crippen LogP contribution in [0.25, 0.3) is 0 Å². The number of hydrogen-bond acceptors (Lipinski definition) is 2. The minimum atomic E-state index is 0. The van der Waals surface area contributed by atoms with E-state index in [1.165, 1.54) is 0 Å². The second-order valence-electron chi connectivity index (χ2n) is 7.38. The number of hydrogen-bond donors (Lipinski definition) is 3. The Morgan fingerprint density at radius 3 is 2.22 bits per heavy atom. The van der Waals surface area contributed by atoms with Gasteiger partial charge < -0.3 is 16.0 Å². The molecule has 1 unspecified atom stereocenters. The highest BCUT2D eigenvalue weighted by Gasteiger charge is 2.13. The second kappa shape index (κ2) is 12.8. The summed E-state index contributed by atoms with van der Waals surface area (Å²) in [6.07, 6.45) is 2.68. The predicted octanol–water partition coefficient (Wildman–Crippen LogP) is 3.29. The van der Waals surface area contributed by atoms with Gasteiger partial charge >= 0.3 is 0 Å². The van der Waals surface area contributed by atoms with Crippen molar-refractivity contribution < 1.29 is 4.79 Å². The van der Waals surface area contributed by atoms with E-state index in [-0.39, 0.29) is 35.9 Å². The molecule has 0 fully saturated rings. The topological polar surface area (TPSA) is 65.5 Å². The quantitative estimate of drug-likeness (QED) is 0.308. The Kier molecular flexibility index (Phi) is 13.8. The van der Waals surface area contributed by atoms with Crippen LogP contribution in [-0.4, -0.2) is 37.0 Å². The van der Waals surface area contributed by atoms with Gasteiger partial charge in [0.1, 0.15) is 0 Å². The van der Waals surface area contributed by atoms with Gasteiger partial charge in [0.2, 0.25) is 5.91 Å². The number of rotatable bonds is 8. The number of aliphatic imine (C=N–C) groups is 1. The molecule has 0 spiro atoms. The Hall–Kier alpha value is -0.530. The minimum absolute atomic E-state index is 0. The van der Waals surface area contributed by atoms with E-state index in [4.69, 9.17) is 0 Å². The van der Waals surface area contributed by atoms with Gasteiger partial charge in [-0.25, -0.2) is 0 Å². The van der Waals surface area contributed by atoms with Crippen molar-refractivity contribution in [3.05, 3.63) is 0 Å². The summed E-state index contributed by atoms with van der Waals surface area (Å²) < 4.78 is 0. The molecule has 6 heteroatoms. The molecule has 0 rings (SSSR count). The Morgan fingerprint density at radius 2 is 1.74 bits per heavy atom. The lowest BCUT2D eigenvalue weighted by Gasteiger charge is -2.23. The second-order valence-corrected chi connectivity index (χ2v) is 7.38. The van der Waals surface area contributed by atoms with Crippen LogP contribution < -0.4 is 16.0 Å². The lowest BCUT2D eigenvalue weighted by atomic mass is 9.89. The maximum Gasteiger partial charge on any atom is 0.222 e. The zero-order chi connectivity index (χ0) is 17.2. The van der Waals surface area contributed by atoms with Crippen LogP contribution >= 0.6 is 24.0 Å². The molecule has 0 aromatic heterocycles. The van der Waals surface area contributed by atoms with E-state index in [9.17, 15) is 4.79 Å². The Bertz CT molecular complexity index is 351. The van der Waals surface area contributed by atoms with Crippen molar-refractivity contribution in [3.8, 4) is 0 Å². The maximum absolute atomic E-state index is 11.6. The number of nitrogens with one attached hydrogen (secondary N) is 3. The van der Waals surface area contributed by atoms with E-state index < -0.39 is 0 Å². The summed E-state index contributed by atoms with van der Waals surface area (Å²) in [6.45, 7) is 16.2. The highest BCUT2D eigenvalue weighted by Crippen LogP contribution is 2.21. The number of guanidine groups is 1. The van der Waals surface area contributed by atoms with Gasteiger partial charge in [0.15, 0.2) is 5.96 Å². The molecule has 0 saturated carbocycles. The lowest BCUT2D eigenvalue weighted by molar-refractivity contribution is -0.121. The van der Waals surface area contributed by atoms with Crippen LogP contribution in [0.4, 0.5) is 0 Å². The van der Waals surface area contributed by atoms with Crippen LogP contribution in [0.3, 0.4) is 0 Å². The van der Waals surface area contributed by atoms with E-state index in [1.807, 2.05) is 20.8 Å². The van der Waals surface area contributed by atoms with Gasteiger partial charge in [-0.3, -0.25) is 9.79 Å². The van der Waals surface area contributed by atoms with Crippen molar-refractivity contribution in [1.29, 1.82) is 0 Å². The summed E-state index contributed by atoms with van der Waals surface area (Å²) in [5.74, 6) is 0.844. The smallest absolute Gasteiger partial charge is 0.222 e. The third kappa shape index (κ3) is 16.1. The first-order valence-electron chi connectivity index (χ1n) is 8.48. The fourth-order valence-electron chi connectivity index (χ4n) is 1.94. The summed E-state index contributed by atoms with van der Waals surface area (Å²) in [7, 11) is 0. The largest absolute Gasteiger partial charge is 0.357 e. The summed E-state index contributed by atoms with van der Waals surface area (Å²) in [5, 5.41) is 9.52.